The first-order chi connectivity index (χ1) is 14.9. The average molecular weight is 418 g/mol. The number of amides is 3. The van der Waals surface area contributed by atoms with Crippen molar-refractivity contribution in [3.63, 3.8) is 0 Å². The maximum atomic E-state index is 12.6. The quantitative estimate of drug-likeness (QED) is 0.602. The third-order valence-corrected chi connectivity index (χ3v) is 6.25. The van der Waals surface area contributed by atoms with E-state index in [1.165, 1.54) is 12.2 Å². The molecule has 0 aliphatic carbocycles. The molecule has 0 unspecified atom stereocenters. The standard InChI is InChI=1S/C25H27N3O3/c1-17-7-8-19(15-18(17)2)23(29)9-10-24(30)27-13-11-21(12-14-27)28-16-20-5-3-4-6-22(20)26-25(28)31/h3-10,15,21H,11-14,16H2,1-2H3,(H,26,31). The summed E-state index contributed by atoms with van der Waals surface area (Å²) in [5.74, 6) is -0.334. The molecule has 160 valence electrons. The van der Waals surface area contributed by atoms with Crippen LogP contribution in [0.3, 0.4) is 0 Å². The van der Waals surface area contributed by atoms with Gasteiger partial charge < -0.3 is 15.1 Å². The maximum absolute atomic E-state index is 12.6. The molecule has 1 N–H and O–H groups in total. The lowest BCUT2D eigenvalue weighted by atomic mass is 10.0. The van der Waals surface area contributed by atoms with E-state index in [-0.39, 0.29) is 23.8 Å². The van der Waals surface area contributed by atoms with E-state index >= 15 is 0 Å². The summed E-state index contributed by atoms with van der Waals surface area (Å²) in [5.41, 5.74) is 4.74. The zero-order valence-corrected chi connectivity index (χ0v) is 17.9. The highest BCUT2D eigenvalue weighted by molar-refractivity contribution is 6.07. The number of carbonyl (C=O) groups is 3. The lowest BCUT2D eigenvalue weighted by Crippen LogP contribution is -2.50. The highest BCUT2D eigenvalue weighted by atomic mass is 16.2. The number of carbonyl (C=O) groups excluding carboxylic acids is 3. The second-order valence-corrected chi connectivity index (χ2v) is 8.27. The molecule has 2 heterocycles. The van der Waals surface area contributed by atoms with E-state index in [0.29, 0.717) is 25.2 Å². The number of piperidine rings is 1. The Labute approximate surface area is 182 Å². The SMILES string of the molecule is Cc1ccc(C(=O)C=CC(=O)N2CCC(N3Cc4ccccc4NC3=O)CC2)cc1C. The van der Waals surface area contributed by atoms with Crippen LogP contribution >= 0.6 is 0 Å². The fourth-order valence-corrected chi connectivity index (χ4v) is 4.16. The van der Waals surface area contributed by atoms with Gasteiger partial charge in [0.1, 0.15) is 0 Å². The Morgan fingerprint density at radius 1 is 1.00 bits per heavy atom. The Morgan fingerprint density at radius 2 is 1.74 bits per heavy atom. The molecule has 6 nitrogen and oxygen atoms in total. The summed E-state index contributed by atoms with van der Waals surface area (Å²) in [6.07, 6.45) is 4.16. The van der Waals surface area contributed by atoms with Gasteiger partial charge in [0.2, 0.25) is 5.91 Å². The summed E-state index contributed by atoms with van der Waals surface area (Å²) < 4.78 is 0. The highest BCUT2D eigenvalue weighted by Crippen LogP contribution is 2.27. The van der Waals surface area contributed by atoms with Crippen LogP contribution in [0.15, 0.2) is 54.6 Å². The van der Waals surface area contributed by atoms with Crippen LogP contribution in [0.2, 0.25) is 0 Å². The Hall–Kier alpha value is -3.41. The number of hydrogen-bond acceptors (Lipinski definition) is 3. The van der Waals surface area contributed by atoms with Crippen molar-refractivity contribution in [3.8, 4) is 0 Å². The van der Waals surface area contributed by atoms with Crippen LogP contribution in [0.1, 0.15) is 39.9 Å². The van der Waals surface area contributed by atoms with E-state index in [9.17, 15) is 14.4 Å². The van der Waals surface area contributed by atoms with Crippen molar-refractivity contribution in [3.05, 3.63) is 76.9 Å². The van der Waals surface area contributed by atoms with E-state index < -0.39 is 0 Å². The molecule has 0 saturated carbocycles. The fraction of sp³-hybridized carbons (Fsp3) is 0.320. The second kappa shape index (κ2) is 8.76. The largest absolute Gasteiger partial charge is 0.339 e. The van der Waals surface area contributed by atoms with E-state index in [0.717, 1.165) is 35.2 Å². The first-order valence-corrected chi connectivity index (χ1v) is 10.7. The van der Waals surface area contributed by atoms with Gasteiger partial charge in [-0.05, 0) is 61.6 Å². The summed E-state index contributed by atoms with van der Waals surface area (Å²) in [7, 11) is 0. The average Bonchev–Trinajstić information content (AvgIpc) is 2.78. The Balaban J connectivity index is 1.33. The highest BCUT2D eigenvalue weighted by Gasteiger charge is 2.32. The molecule has 0 radical (unpaired) electrons. The smallest absolute Gasteiger partial charge is 0.322 e. The fourth-order valence-electron chi connectivity index (χ4n) is 4.16. The molecule has 2 aliphatic heterocycles. The summed E-state index contributed by atoms with van der Waals surface area (Å²) in [6, 6.07) is 13.4. The van der Waals surface area contributed by atoms with E-state index in [1.807, 2.05) is 55.1 Å². The number of ketones is 1. The predicted octanol–water partition coefficient (Wildman–Crippen LogP) is 4.08. The molecule has 0 spiro atoms. The molecule has 4 rings (SSSR count). The summed E-state index contributed by atoms with van der Waals surface area (Å²) in [4.78, 5) is 41.1. The topological polar surface area (TPSA) is 69.7 Å². The van der Waals surface area contributed by atoms with Gasteiger partial charge >= 0.3 is 6.03 Å². The van der Waals surface area contributed by atoms with Crippen molar-refractivity contribution in [1.29, 1.82) is 0 Å². The number of nitrogens with zero attached hydrogens (tertiary/aromatic N) is 2. The number of allylic oxidation sites excluding steroid dienone is 1. The molecule has 2 aromatic carbocycles. The van der Waals surface area contributed by atoms with E-state index in [1.54, 1.807) is 11.0 Å². The van der Waals surface area contributed by atoms with Gasteiger partial charge in [0.15, 0.2) is 5.78 Å². The van der Waals surface area contributed by atoms with Crippen LogP contribution in [0.5, 0.6) is 0 Å². The van der Waals surface area contributed by atoms with Crippen molar-refractivity contribution in [2.75, 3.05) is 18.4 Å². The number of hydrogen-bond donors (Lipinski definition) is 1. The van der Waals surface area contributed by atoms with Crippen LogP contribution in [-0.4, -0.2) is 46.7 Å². The third kappa shape index (κ3) is 4.53. The lowest BCUT2D eigenvalue weighted by molar-refractivity contribution is -0.127. The lowest BCUT2D eigenvalue weighted by Gasteiger charge is -2.40. The van der Waals surface area contributed by atoms with E-state index in [4.69, 9.17) is 0 Å². The van der Waals surface area contributed by atoms with Crippen molar-refractivity contribution >= 4 is 23.4 Å². The van der Waals surface area contributed by atoms with Crippen LogP contribution in [-0.2, 0) is 11.3 Å². The van der Waals surface area contributed by atoms with Gasteiger partial charge in [0, 0.05) is 43.0 Å². The molecule has 1 saturated heterocycles. The zero-order valence-electron chi connectivity index (χ0n) is 17.9. The van der Waals surface area contributed by atoms with Gasteiger partial charge in [-0.25, -0.2) is 4.79 Å². The number of fused-ring (bicyclic) bond motifs is 1. The van der Waals surface area contributed by atoms with Crippen molar-refractivity contribution in [2.45, 2.75) is 39.3 Å². The Morgan fingerprint density at radius 3 is 2.48 bits per heavy atom. The van der Waals surface area contributed by atoms with Gasteiger partial charge in [0.25, 0.3) is 0 Å². The minimum atomic E-state index is -0.171. The molecular formula is C25H27N3O3. The number of urea groups is 1. The third-order valence-electron chi connectivity index (χ3n) is 6.25. The molecule has 0 bridgehead atoms. The van der Waals surface area contributed by atoms with Crippen LogP contribution in [0.4, 0.5) is 10.5 Å². The van der Waals surface area contributed by atoms with Gasteiger partial charge in [0.05, 0.1) is 0 Å². The maximum Gasteiger partial charge on any atom is 0.322 e. The van der Waals surface area contributed by atoms with Gasteiger partial charge in [-0.3, -0.25) is 9.59 Å². The van der Waals surface area contributed by atoms with Crippen LogP contribution in [0, 0.1) is 13.8 Å². The molecule has 1 fully saturated rings. The molecule has 0 atom stereocenters. The van der Waals surface area contributed by atoms with Gasteiger partial charge in [-0.1, -0.05) is 30.3 Å². The monoisotopic (exact) mass is 417 g/mol. The van der Waals surface area contributed by atoms with Crippen molar-refractivity contribution in [1.82, 2.24) is 9.80 Å². The summed E-state index contributed by atoms with van der Waals surface area (Å²) >= 11 is 0. The molecule has 3 amide bonds. The van der Waals surface area contributed by atoms with Crippen LogP contribution in [0.25, 0.3) is 0 Å². The van der Waals surface area contributed by atoms with E-state index in [2.05, 4.69) is 5.32 Å². The number of nitrogens with one attached hydrogen (secondary N) is 1. The Bertz CT molecular complexity index is 1050. The molecule has 2 aromatic rings. The number of anilines is 1. The zero-order chi connectivity index (χ0) is 22.0. The van der Waals surface area contributed by atoms with Gasteiger partial charge in [-0.2, -0.15) is 0 Å². The number of para-hydroxylation sites is 1. The number of likely N-dealkylation sites (tertiary alicyclic amines) is 1. The number of rotatable bonds is 4. The van der Waals surface area contributed by atoms with Crippen molar-refractivity contribution < 1.29 is 14.4 Å². The molecule has 0 aromatic heterocycles. The van der Waals surface area contributed by atoms with Gasteiger partial charge in [-0.15, -0.1) is 0 Å². The summed E-state index contributed by atoms with van der Waals surface area (Å²) in [6.45, 7) is 5.68. The number of aryl methyl sites for hydroxylation is 2. The molecule has 2 aliphatic rings. The molecule has 6 heteroatoms. The normalized spacial score (nSPS) is 16.9. The minimum absolute atomic E-state index is 0.0811. The minimum Gasteiger partial charge on any atom is -0.339 e. The van der Waals surface area contributed by atoms with Crippen molar-refractivity contribution in [2.24, 2.45) is 0 Å². The first kappa shape index (κ1) is 20.8. The summed E-state index contributed by atoms with van der Waals surface area (Å²) in [5, 5.41) is 2.95. The number of benzene rings is 2. The van der Waals surface area contributed by atoms with Crippen LogP contribution < -0.4 is 5.32 Å². The molecule has 31 heavy (non-hydrogen) atoms. The first-order valence-electron chi connectivity index (χ1n) is 10.7. The molecular weight excluding hydrogens is 390 g/mol. The predicted molar refractivity (Wildman–Crippen MR) is 120 cm³/mol. The second-order valence-electron chi connectivity index (χ2n) is 8.27. The Kier molecular flexibility index (Phi) is 5.89.